The van der Waals surface area contributed by atoms with E-state index in [1.54, 1.807) is 0 Å². The summed E-state index contributed by atoms with van der Waals surface area (Å²) in [5.74, 6) is 2.25. The Hall–Kier alpha value is -0.820. The van der Waals surface area contributed by atoms with Gasteiger partial charge in [-0.25, -0.2) is 0 Å². The number of hydrogen-bond acceptors (Lipinski definition) is 1. The second-order valence-corrected chi connectivity index (χ2v) is 6.63. The predicted octanol–water partition coefficient (Wildman–Crippen LogP) is 5.23. The first kappa shape index (κ1) is 17.2. The average molecular weight is 275 g/mol. The third-order valence-corrected chi connectivity index (χ3v) is 4.00. The lowest BCUT2D eigenvalue weighted by atomic mass is 9.89. The Morgan fingerprint density at radius 2 is 1.60 bits per heavy atom. The van der Waals surface area contributed by atoms with Crippen LogP contribution in [-0.2, 0) is 0 Å². The Morgan fingerprint density at radius 1 is 0.900 bits per heavy atom. The Kier molecular flexibility index (Phi) is 8.60. The molecule has 2 atom stereocenters. The van der Waals surface area contributed by atoms with Crippen LogP contribution in [0.4, 0.5) is 0 Å². The zero-order chi connectivity index (χ0) is 14.8. The number of benzene rings is 1. The van der Waals surface area contributed by atoms with Gasteiger partial charge < -0.3 is 5.32 Å². The van der Waals surface area contributed by atoms with Gasteiger partial charge in [0.1, 0.15) is 0 Å². The SMILES string of the molecule is CCCC(C)CCC(CNCC(C)C)c1ccccc1. The molecule has 1 aromatic rings. The fourth-order valence-corrected chi connectivity index (χ4v) is 2.78. The second kappa shape index (κ2) is 9.99. The second-order valence-electron chi connectivity index (χ2n) is 6.63. The predicted molar refractivity (Wildman–Crippen MR) is 90.2 cm³/mol. The lowest BCUT2D eigenvalue weighted by Crippen LogP contribution is -2.25. The molecule has 114 valence electrons. The summed E-state index contributed by atoms with van der Waals surface area (Å²) in [5.41, 5.74) is 1.49. The van der Waals surface area contributed by atoms with E-state index >= 15 is 0 Å². The fraction of sp³-hybridized carbons (Fsp3) is 0.684. The van der Waals surface area contributed by atoms with Crippen LogP contribution in [-0.4, -0.2) is 13.1 Å². The summed E-state index contributed by atoms with van der Waals surface area (Å²) in [5, 5.41) is 3.64. The van der Waals surface area contributed by atoms with Crippen LogP contribution in [0.2, 0.25) is 0 Å². The number of hydrogen-bond donors (Lipinski definition) is 1. The topological polar surface area (TPSA) is 12.0 Å². The van der Waals surface area contributed by atoms with E-state index in [1.165, 1.54) is 31.2 Å². The van der Waals surface area contributed by atoms with E-state index in [1.807, 2.05) is 0 Å². The standard InChI is InChI=1S/C19H33N/c1-5-9-17(4)12-13-19(15-20-14-16(2)3)18-10-7-6-8-11-18/h6-8,10-11,16-17,19-20H,5,9,12-15H2,1-4H3. The summed E-state index contributed by atoms with van der Waals surface area (Å²) in [6.45, 7) is 11.5. The molecule has 1 nitrogen and oxygen atoms in total. The van der Waals surface area contributed by atoms with Crippen LogP contribution in [0.25, 0.3) is 0 Å². The first-order valence-electron chi connectivity index (χ1n) is 8.39. The van der Waals surface area contributed by atoms with Crippen LogP contribution in [0, 0.1) is 11.8 Å². The molecule has 0 amide bonds. The van der Waals surface area contributed by atoms with Crippen molar-refractivity contribution in [3.63, 3.8) is 0 Å². The highest BCUT2D eigenvalue weighted by atomic mass is 14.9. The van der Waals surface area contributed by atoms with E-state index < -0.39 is 0 Å². The molecule has 1 aromatic carbocycles. The van der Waals surface area contributed by atoms with Gasteiger partial charge in [0.2, 0.25) is 0 Å². The first-order valence-corrected chi connectivity index (χ1v) is 8.39. The van der Waals surface area contributed by atoms with Gasteiger partial charge in [-0.3, -0.25) is 0 Å². The van der Waals surface area contributed by atoms with Crippen molar-refractivity contribution in [1.82, 2.24) is 5.32 Å². The molecule has 0 aliphatic carbocycles. The molecule has 1 heteroatoms. The maximum atomic E-state index is 3.64. The molecule has 0 bridgehead atoms. The van der Waals surface area contributed by atoms with E-state index in [0.717, 1.165) is 24.9 Å². The van der Waals surface area contributed by atoms with Crippen molar-refractivity contribution in [3.05, 3.63) is 35.9 Å². The van der Waals surface area contributed by atoms with Crippen LogP contribution >= 0.6 is 0 Å². The third kappa shape index (κ3) is 7.09. The zero-order valence-corrected chi connectivity index (χ0v) is 13.9. The molecule has 0 fully saturated rings. The summed E-state index contributed by atoms with van der Waals surface area (Å²) in [6, 6.07) is 11.0. The van der Waals surface area contributed by atoms with Crippen molar-refractivity contribution in [2.24, 2.45) is 11.8 Å². The summed E-state index contributed by atoms with van der Waals surface area (Å²) in [4.78, 5) is 0. The first-order chi connectivity index (χ1) is 9.63. The Labute approximate surface area is 126 Å². The quantitative estimate of drug-likeness (QED) is 0.616. The van der Waals surface area contributed by atoms with Gasteiger partial charge >= 0.3 is 0 Å². The van der Waals surface area contributed by atoms with Crippen LogP contribution < -0.4 is 5.32 Å². The molecule has 0 aliphatic rings. The number of rotatable bonds is 10. The molecule has 0 saturated carbocycles. The lowest BCUT2D eigenvalue weighted by molar-refractivity contribution is 0.423. The minimum atomic E-state index is 0.661. The van der Waals surface area contributed by atoms with Gasteiger partial charge in [0.05, 0.1) is 0 Å². The molecule has 0 saturated heterocycles. The summed E-state index contributed by atoms with van der Waals surface area (Å²) < 4.78 is 0. The van der Waals surface area contributed by atoms with Crippen molar-refractivity contribution < 1.29 is 0 Å². The van der Waals surface area contributed by atoms with Gasteiger partial charge in [0, 0.05) is 6.54 Å². The van der Waals surface area contributed by atoms with Crippen molar-refractivity contribution in [3.8, 4) is 0 Å². The Bertz CT molecular complexity index is 331. The van der Waals surface area contributed by atoms with Gasteiger partial charge in [-0.1, -0.05) is 77.3 Å². The van der Waals surface area contributed by atoms with Gasteiger partial charge in [-0.05, 0) is 36.3 Å². The summed E-state index contributed by atoms with van der Waals surface area (Å²) >= 11 is 0. The smallest absolute Gasteiger partial charge is 0.00202 e. The minimum absolute atomic E-state index is 0.661. The number of nitrogens with one attached hydrogen (secondary N) is 1. The van der Waals surface area contributed by atoms with E-state index in [0.29, 0.717) is 5.92 Å². The summed E-state index contributed by atoms with van der Waals surface area (Å²) in [6.07, 6.45) is 5.32. The Morgan fingerprint density at radius 3 is 2.20 bits per heavy atom. The molecule has 1 rings (SSSR count). The average Bonchev–Trinajstić information content (AvgIpc) is 2.43. The van der Waals surface area contributed by atoms with Crippen LogP contribution in [0.5, 0.6) is 0 Å². The molecular weight excluding hydrogens is 242 g/mol. The highest BCUT2D eigenvalue weighted by Crippen LogP contribution is 2.24. The Balaban J connectivity index is 2.51. The highest BCUT2D eigenvalue weighted by Gasteiger charge is 2.13. The molecular formula is C19H33N. The maximum absolute atomic E-state index is 3.64. The van der Waals surface area contributed by atoms with Crippen molar-refractivity contribution in [1.29, 1.82) is 0 Å². The van der Waals surface area contributed by atoms with E-state index in [9.17, 15) is 0 Å². The molecule has 0 radical (unpaired) electrons. The highest BCUT2D eigenvalue weighted by molar-refractivity contribution is 5.19. The van der Waals surface area contributed by atoms with Crippen molar-refractivity contribution in [2.75, 3.05) is 13.1 Å². The lowest BCUT2D eigenvalue weighted by Gasteiger charge is -2.21. The molecule has 20 heavy (non-hydrogen) atoms. The molecule has 0 heterocycles. The molecule has 1 N–H and O–H groups in total. The molecule has 0 aromatic heterocycles. The van der Waals surface area contributed by atoms with E-state index in [4.69, 9.17) is 0 Å². The monoisotopic (exact) mass is 275 g/mol. The summed E-state index contributed by atoms with van der Waals surface area (Å²) in [7, 11) is 0. The van der Waals surface area contributed by atoms with Gasteiger partial charge in [-0.15, -0.1) is 0 Å². The molecule has 0 spiro atoms. The van der Waals surface area contributed by atoms with E-state index in [2.05, 4.69) is 63.3 Å². The molecule has 0 aliphatic heterocycles. The normalized spacial score (nSPS) is 14.4. The van der Waals surface area contributed by atoms with Gasteiger partial charge in [-0.2, -0.15) is 0 Å². The van der Waals surface area contributed by atoms with Gasteiger partial charge in [0.15, 0.2) is 0 Å². The molecule has 2 unspecified atom stereocenters. The van der Waals surface area contributed by atoms with Crippen molar-refractivity contribution >= 4 is 0 Å². The maximum Gasteiger partial charge on any atom is 0.00202 e. The fourth-order valence-electron chi connectivity index (χ4n) is 2.78. The minimum Gasteiger partial charge on any atom is -0.316 e. The largest absolute Gasteiger partial charge is 0.316 e. The van der Waals surface area contributed by atoms with Gasteiger partial charge in [0.25, 0.3) is 0 Å². The zero-order valence-electron chi connectivity index (χ0n) is 13.9. The van der Waals surface area contributed by atoms with E-state index in [-0.39, 0.29) is 0 Å². The van der Waals surface area contributed by atoms with Crippen LogP contribution in [0.1, 0.15) is 64.9 Å². The van der Waals surface area contributed by atoms with Crippen LogP contribution in [0.15, 0.2) is 30.3 Å². The third-order valence-electron chi connectivity index (χ3n) is 4.00. The van der Waals surface area contributed by atoms with Crippen molar-refractivity contribution in [2.45, 2.75) is 59.3 Å². The van der Waals surface area contributed by atoms with Crippen LogP contribution in [0.3, 0.4) is 0 Å².